The van der Waals surface area contributed by atoms with Gasteiger partial charge in [-0.1, -0.05) is 85.0 Å². The lowest BCUT2D eigenvalue weighted by atomic mass is 9.84. The third kappa shape index (κ3) is 6.27. The minimum absolute atomic E-state index is 0.0716. The molecule has 0 spiro atoms. The zero-order chi connectivity index (χ0) is 37.2. The second kappa shape index (κ2) is 15.2. The summed E-state index contributed by atoms with van der Waals surface area (Å²) in [5, 5.41) is 20.0. The summed E-state index contributed by atoms with van der Waals surface area (Å²) in [5.41, 5.74) is 7.69. The van der Waals surface area contributed by atoms with Gasteiger partial charge in [-0.05, 0) is 139 Å². The minimum atomic E-state index is -1.57. The van der Waals surface area contributed by atoms with Crippen LogP contribution in [0.25, 0.3) is 0 Å². The molecule has 4 aromatic rings. The van der Waals surface area contributed by atoms with Crippen LogP contribution in [0.15, 0.2) is 185 Å². The average molecular weight is 735 g/mol. The molecule has 6 atom stereocenters. The van der Waals surface area contributed by atoms with Crippen LogP contribution in [-0.4, -0.2) is 22.6 Å². The van der Waals surface area contributed by atoms with E-state index in [-0.39, 0.29) is 6.04 Å². The molecule has 0 aromatic heterocycles. The van der Waals surface area contributed by atoms with E-state index in [4.69, 9.17) is 0 Å². The Hall–Kier alpha value is -5.75. The molecule has 0 radical (unpaired) electrons. The number of nitriles is 2. The lowest BCUT2D eigenvalue weighted by molar-refractivity contribution is 0.516. The number of hydrogen-bond donors (Lipinski definition) is 0. The van der Waals surface area contributed by atoms with E-state index in [1.54, 1.807) is 5.57 Å². The lowest BCUT2D eigenvalue weighted by Crippen LogP contribution is -2.34. The largest absolute Gasteiger partial charge is 0.337 e. The molecule has 272 valence electrons. The Bertz CT molecular complexity index is 2250. The molecule has 0 fully saturated rings. The van der Waals surface area contributed by atoms with Crippen molar-refractivity contribution in [1.29, 1.82) is 10.5 Å². The molecule has 4 nitrogen and oxygen atoms in total. The van der Waals surface area contributed by atoms with E-state index in [0.29, 0.717) is 33.6 Å². The molecule has 1 aliphatic heterocycles. The number of rotatable bonds is 8. The highest BCUT2D eigenvalue weighted by Crippen LogP contribution is 2.74. The van der Waals surface area contributed by atoms with Gasteiger partial charge >= 0.3 is 0 Å². The van der Waals surface area contributed by atoms with Crippen LogP contribution >= 0.6 is 10.0 Å². The quantitative estimate of drug-likeness (QED) is 0.169. The van der Waals surface area contributed by atoms with Gasteiger partial charge in [-0.3, -0.25) is 0 Å². The van der Waals surface area contributed by atoms with Gasteiger partial charge in [0.05, 0.1) is 29.3 Å². The highest BCUT2D eigenvalue weighted by molar-refractivity contribution is 8.38. The van der Waals surface area contributed by atoms with E-state index in [1.165, 1.54) is 34.0 Å². The maximum atomic E-state index is 9.55. The molecule has 5 heteroatoms. The number of para-hydroxylation sites is 1. The van der Waals surface area contributed by atoms with Gasteiger partial charge in [-0.25, -0.2) is 0 Å². The maximum Gasteiger partial charge on any atom is 0.0991 e. The van der Waals surface area contributed by atoms with Crippen molar-refractivity contribution in [1.82, 2.24) is 0 Å². The number of hydrogen-bond acceptors (Lipinski definition) is 4. The van der Waals surface area contributed by atoms with Crippen LogP contribution in [0, 0.1) is 28.6 Å². The van der Waals surface area contributed by atoms with Crippen molar-refractivity contribution in [2.24, 2.45) is 5.92 Å². The molecular weight excluding hydrogens is 689 g/mol. The average Bonchev–Trinajstić information content (AvgIpc) is 3.60. The molecule has 55 heavy (non-hydrogen) atoms. The Morgan fingerprint density at radius 2 is 1.33 bits per heavy atom. The fraction of sp³-hybridized carbons (Fsp3) is 0.240. The number of nitrogens with zero attached hydrogens (tertiary/aromatic N) is 4. The van der Waals surface area contributed by atoms with Crippen molar-refractivity contribution in [3.63, 3.8) is 0 Å². The predicted molar refractivity (Wildman–Crippen MR) is 228 cm³/mol. The summed E-state index contributed by atoms with van der Waals surface area (Å²) in [4.78, 5) is 8.01. The summed E-state index contributed by atoms with van der Waals surface area (Å²) in [7, 11) is -1.57. The number of allylic oxidation sites excluding steroid dienone is 5. The van der Waals surface area contributed by atoms with Crippen LogP contribution < -0.4 is 9.80 Å². The third-order valence-electron chi connectivity index (χ3n) is 12.3. The fourth-order valence-corrected chi connectivity index (χ4v) is 15.1. The van der Waals surface area contributed by atoms with E-state index >= 15 is 0 Å². The third-order valence-corrected chi connectivity index (χ3v) is 17.2. The van der Waals surface area contributed by atoms with Gasteiger partial charge in [-0.15, -0.1) is 0 Å². The van der Waals surface area contributed by atoms with Crippen molar-refractivity contribution >= 4 is 27.1 Å². The van der Waals surface area contributed by atoms with Gasteiger partial charge in [0.15, 0.2) is 0 Å². The molecule has 0 bridgehead atoms. The van der Waals surface area contributed by atoms with Gasteiger partial charge in [0.2, 0.25) is 0 Å². The van der Waals surface area contributed by atoms with E-state index in [0.717, 1.165) is 43.5 Å². The Labute approximate surface area is 327 Å². The Balaban J connectivity index is 1.13. The Kier molecular flexibility index (Phi) is 9.65. The molecule has 0 amide bonds. The molecule has 1 heterocycles. The van der Waals surface area contributed by atoms with E-state index in [1.807, 2.05) is 48.5 Å². The summed E-state index contributed by atoms with van der Waals surface area (Å²) in [6.45, 7) is 0. The standard InChI is InChI=1S/C50H46N4S/c51-35-37-20-24-40(25-21-37)53(41-26-22-38(36-52)23-27-41)42-28-30-45(31-29-42)55(43-14-6-2-7-15-43,44-16-8-3-9-17-44)46-32-33-50-48(34-46)47-18-10-11-19-49(47)54(50)39-12-4-1-5-13-39/h1-8,10,12-15,18,20-28,30-33,42,44,46-47,49H,9,11,16-17,19,29,34H2. The van der Waals surface area contributed by atoms with Crippen LogP contribution in [0.5, 0.6) is 0 Å². The SMILES string of the molecule is N#Cc1ccc(N(c2ccc(C#N)cc2)C2C=CC(S(c3ccccc3)(C3C=CC4=C(C3)C3C=CCCC3N4c3ccccc3)C3CC=CCC3)=CC2)cc1. The van der Waals surface area contributed by atoms with Crippen LogP contribution in [0.4, 0.5) is 17.1 Å². The first-order valence-corrected chi connectivity index (χ1v) is 21.6. The zero-order valence-electron chi connectivity index (χ0n) is 31.1. The second-order valence-electron chi connectivity index (χ2n) is 15.2. The van der Waals surface area contributed by atoms with E-state index in [2.05, 4.69) is 137 Å². The summed E-state index contributed by atoms with van der Waals surface area (Å²) in [6.07, 6.45) is 30.1. The topological polar surface area (TPSA) is 54.1 Å². The van der Waals surface area contributed by atoms with Crippen LogP contribution in [0.3, 0.4) is 0 Å². The fourth-order valence-electron chi connectivity index (χ4n) is 9.87. The Morgan fingerprint density at radius 1 is 0.655 bits per heavy atom. The van der Waals surface area contributed by atoms with E-state index in [9.17, 15) is 10.5 Å². The molecule has 0 saturated carbocycles. The summed E-state index contributed by atoms with van der Waals surface area (Å²) >= 11 is 0. The number of anilines is 3. The molecule has 6 unspecified atom stereocenters. The minimum Gasteiger partial charge on any atom is -0.337 e. The highest BCUT2D eigenvalue weighted by atomic mass is 32.3. The van der Waals surface area contributed by atoms with Gasteiger partial charge < -0.3 is 9.80 Å². The first-order valence-electron chi connectivity index (χ1n) is 19.8. The summed E-state index contributed by atoms with van der Waals surface area (Å²) in [5.74, 6) is 0.434. The van der Waals surface area contributed by atoms with Gasteiger partial charge in [0.25, 0.3) is 0 Å². The summed E-state index contributed by atoms with van der Waals surface area (Å²) < 4.78 is 0. The second-order valence-corrected chi connectivity index (χ2v) is 18.8. The molecule has 4 aromatic carbocycles. The van der Waals surface area contributed by atoms with Gasteiger partial charge in [0, 0.05) is 45.2 Å². The molecule has 5 aliphatic rings. The molecular formula is C50H46N4S. The van der Waals surface area contributed by atoms with E-state index < -0.39 is 10.0 Å². The first kappa shape index (κ1) is 35.0. The van der Waals surface area contributed by atoms with Crippen molar-refractivity contribution in [3.05, 3.63) is 191 Å². The van der Waals surface area contributed by atoms with Crippen molar-refractivity contribution in [2.45, 2.75) is 72.4 Å². The predicted octanol–water partition coefficient (Wildman–Crippen LogP) is 12.2. The summed E-state index contributed by atoms with van der Waals surface area (Å²) in [6, 6.07) is 43.4. The zero-order valence-corrected chi connectivity index (χ0v) is 31.9. The van der Waals surface area contributed by atoms with Crippen LogP contribution in [0.1, 0.15) is 56.1 Å². The molecule has 9 rings (SSSR count). The molecule has 0 saturated heterocycles. The van der Waals surface area contributed by atoms with Crippen molar-refractivity contribution in [3.8, 4) is 12.1 Å². The van der Waals surface area contributed by atoms with Crippen LogP contribution in [-0.2, 0) is 0 Å². The first-order chi connectivity index (χ1) is 27.2. The molecule has 4 aliphatic carbocycles. The van der Waals surface area contributed by atoms with Gasteiger partial charge in [-0.2, -0.15) is 20.6 Å². The smallest absolute Gasteiger partial charge is 0.0991 e. The van der Waals surface area contributed by atoms with Gasteiger partial charge in [0.1, 0.15) is 0 Å². The lowest BCUT2D eigenvalue weighted by Gasteiger charge is -2.54. The number of benzene rings is 4. The molecule has 0 N–H and O–H groups in total. The Morgan fingerprint density at radius 3 is 1.95 bits per heavy atom. The van der Waals surface area contributed by atoms with Crippen LogP contribution in [0.2, 0.25) is 0 Å². The number of fused-ring (bicyclic) bond motifs is 2. The monoisotopic (exact) mass is 734 g/mol. The van der Waals surface area contributed by atoms with Crippen molar-refractivity contribution in [2.75, 3.05) is 9.80 Å². The highest BCUT2D eigenvalue weighted by Gasteiger charge is 2.48. The normalized spacial score (nSPS) is 25.5. The van der Waals surface area contributed by atoms with Crippen molar-refractivity contribution < 1.29 is 0 Å². The maximum absolute atomic E-state index is 9.55.